The Bertz CT molecular complexity index is 693. The van der Waals surface area contributed by atoms with Crippen molar-refractivity contribution in [2.24, 2.45) is 11.1 Å². The summed E-state index contributed by atoms with van der Waals surface area (Å²) in [7, 11) is 0. The second-order valence-electron chi connectivity index (χ2n) is 7.18. The number of nitrogens with zero attached hydrogens (tertiary/aromatic N) is 1. The summed E-state index contributed by atoms with van der Waals surface area (Å²) in [4.78, 5) is 27.3. The van der Waals surface area contributed by atoms with E-state index in [4.69, 9.17) is 10.5 Å². The number of rotatable bonds is 4. The minimum Gasteiger partial charge on any atom is -0.491 e. The molecule has 0 unspecified atom stereocenters. The predicted molar refractivity (Wildman–Crippen MR) is 96.9 cm³/mol. The van der Waals surface area contributed by atoms with Crippen LogP contribution in [0, 0.1) is 12.3 Å². The molecule has 2 atom stereocenters. The molecule has 2 saturated heterocycles. The Labute approximate surface area is 153 Å². The van der Waals surface area contributed by atoms with E-state index in [1.807, 2.05) is 13.0 Å². The third-order valence-corrected chi connectivity index (χ3v) is 5.35. The first-order valence-electron chi connectivity index (χ1n) is 9.17. The van der Waals surface area contributed by atoms with E-state index in [9.17, 15) is 14.7 Å². The van der Waals surface area contributed by atoms with E-state index in [1.165, 1.54) is 0 Å². The molecule has 1 spiro atoms. The van der Waals surface area contributed by atoms with Crippen molar-refractivity contribution in [3.63, 3.8) is 0 Å². The summed E-state index contributed by atoms with van der Waals surface area (Å²) in [6, 6.07) is 5.46. The summed E-state index contributed by atoms with van der Waals surface area (Å²) in [6.07, 6.45) is 1.07. The summed E-state index contributed by atoms with van der Waals surface area (Å²) in [5.74, 6) is 0.169. The molecule has 2 heterocycles. The molecule has 2 fully saturated rings. The molecule has 7 nitrogen and oxygen atoms in total. The van der Waals surface area contributed by atoms with E-state index < -0.39 is 11.5 Å². The minimum atomic E-state index is -0.908. The smallest absolute Gasteiger partial charge is 0.257 e. The molecule has 3 rings (SSSR count). The third kappa shape index (κ3) is 3.41. The first-order valence-corrected chi connectivity index (χ1v) is 9.17. The van der Waals surface area contributed by atoms with Gasteiger partial charge >= 0.3 is 0 Å². The fourth-order valence-corrected chi connectivity index (χ4v) is 3.89. The summed E-state index contributed by atoms with van der Waals surface area (Å²) in [5.41, 5.74) is 6.03. The number of nitrogens with one attached hydrogen (secondary N) is 1. The van der Waals surface area contributed by atoms with Crippen molar-refractivity contribution in [1.29, 1.82) is 0 Å². The molecule has 2 amide bonds. The summed E-state index contributed by atoms with van der Waals surface area (Å²) in [5, 5.41) is 13.3. The Morgan fingerprint density at radius 2 is 2.31 bits per heavy atom. The van der Waals surface area contributed by atoms with E-state index in [0.29, 0.717) is 50.4 Å². The van der Waals surface area contributed by atoms with Crippen LogP contribution in [0.2, 0.25) is 0 Å². The van der Waals surface area contributed by atoms with Gasteiger partial charge in [-0.05, 0) is 38.3 Å². The number of likely N-dealkylation sites (tertiary alicyclic amines) is 1. The number of carbonyl (C=O) groups is 2. The molecule has 26 heavy (non-hydrogen) atoms. The van der Waals surface area contributed by atoms with Crippen LogP contribution in [0.3, 0.4) is 0 Å². The molecule has 1 aromatic carbocycles. The number of amides is 2. The van der Waals surface area contributed by atoms with Crippen molar-refractivity contribution >= 4 is 11.8 Å². The van der Waals surface area contributed by atoms with Crippen LogP contribution in [0.1, 0.15) is 35.2 Å². The number of hydrogen-bond acceptors (Lipinski definition) is 5. The summed E-state index contributed by atoms with van der Waals surface area (Å²) < 4.78 is 5.63. The maximum absolute atomic E-state index is 13.2. The van der Waals surface area contributed by atoms with Gasteiger partial charge in [0, 0.05) is 26.2 Å². The first-order chi connectivity index (χ1) is 12.5. The number of benzene rings is 1. The van der Waals surface area contributed by atoms with Gasteiger partial charge in [-0.2, -0.15) is 0 Å². The largest absolute Gasteiger partial charge is 0.491 e. The van der Waals surface area contributed by atoms with Gasteiger partial charge in [-0.15, -0.1) is 0 Å². The Hall–Kier alpha value is -2.12. The average molecular weight is 361 g/mol. The Morgan fingerprint density at radius 1 is 1.50 bits per heavy atom. The zero-order chi connectivity index (χ0) is 18.7. The lowest BCUT2D eigenvalue weighted by Crippen LogP contribution is -2.62. The number of aryl methyl sites for hydroxylation is 1. The van der Waals surface area contributed by atoms with Gasteiger partial charge in [-0.25, -0.2) is 0 Å². The number of hydrogen-bond donors (Lipinski definition) is 3. The van der Waals surface area contributed by atoms with Crippen molar-refractivity contribution in [3.8, 4) is 5.75 Å². The van der Waals surface area contributed by atoms with E-state index in [0.717, 1.165) is 12.0 Å². The molecular weight excluding hydrogens is 334 g/mol. The van der Waals surface area contributed by atoms with Crippen molar-refractivity contribution in [2.45, 2.75) is 32.3 Å². The van der Waals surface area contributed by atoms with Gasteiger partial charge in [0.2, 0.25) is 5.91 Å². The monoisotopic (exact) mass is 361 g/mol. The van der Waals surface area contributed by atoms with Crippen LogP contribution in [-0.2, 0) is 4.79 Å². The highest BCUT2D eigenvalue weighted by Crippen LogP contribution is 2.38. The number of piperidine rings is 2. The Balaban J connectivity index is 1.86. The second kappa shape index (κ2) is 7.63. The zero-order valence-electron chi connectivity index (χ0n) is 15.2. The number of carbonyl (C=O) groups excluding carboxylic acids is 2. The maximum atomic E-state index is 13.2. The normalized spacial score (nSPS) is 25.9. The molecular formula is C19H27N3O4. The van der Waals surface area contributed by atoms with E-state index in [2.05, 4.69) is 5.32 Å². The molecule has 4 N–H and O–H groups in total. The van der Waals surface area contributed by atoms with Gasteiger partial charge in [0.05, 0.1) is 17.1 Å². The van der Waals surface area contributed by atoms with E-state index in [1.54, 1.807) is 17.0 Å². The lowest BCUT2D eigenvalue weighted by atomic mass is 9.71. The predicted octanol–water partition coefficient (Wildman–Crippen LogP) is 0.436. The Morgan fingerprint density at radius 3 is 3.04 bits per heavy atom. The zero-order valence-corrected chi connectivity index (χ0v) is 15.2. The molecule has 0 bridgehead atoms. The van der Waals surface area contributed by atoms with E-state index in [-0.39, 0.29) is 18.4 Å². The number of aliphatic hydroxyl groups excluding tert-OH is 1. The van der Waals surface area contributed by atoms with Crippen molar-refractivity contribution in [1.82, 2.24) is 10.2 Å². The fourth-order valence-electron chi connectivity index (χ4n) is 3.89. The highest BCUT2D eigenvalue weighted by molar-refractivity contribution is 5.98. The molecule has 0 radical (unpaired) electrons. The molecule has 0 aromatic heterocycles. The molecule has 1 aromatic rings. The van der Waals surface area contributed by atoms with Crippen LogP contribution >= 0.6 is 0 Å². The van der Waals surface area contributed by atoms with Gasteiger partial charge in [-0.1, -0.05) is 11.6 Å². The second-order valence-corrected chi connectivity index (χ2v) is 7.18. The van der Waals surface area contributed by atoms with Gasteiger partial charge in [0.25, 0.3) is 5.91 Å². The van der Waals surface area contributed by atoms with Crippen LogP contribution < -0.4 is 15.8 Å². The van der Waals surface area contributed by atoms with Gasteiger partial charge in [0.15, 0.2) is 0 Å². The summed E-state index contributed by atoms with van der Waals surface area (Å²) >= 11 is 0. The van der Waals surface area contributed by atoms with Crippen LogP contribution in [0.5, 0.6) is 5.75 Å². The van der Waals surface area contributed by atoms with Crippen LogP contribution in [0.4, 0.5) is 0 Å². The molecule has 142 valence electrons. The summed E-state index contributed by atoms with van der Waals surface area (Å²) in [6.45, 7) is 3.87. The average Bonchev–Trinajstić information content (AvgIpc) is 2.64. The maximum Gasteiger partial charge on any atom is 0.257 e. The van der Waals surface area contributed by atoms with Gasteiger partial charge in [0.1, 0.15) is 12.4 Å². The molecule has 2 aliphatic heterocycles. The van der Waals surface area contributed by atoms with Crippen LogP contribution in [0.15, 0.2) is 18.2 Å². The first kappa shape index (κ1) is 18.7. The number of nitrogens with two attached hydrogens (primary N) is 1. The highest BCUT2D eigenvalue weighted by Gasteiger charge is 2.50. The Kier molecular flexibility index (Phi) is 5.48. The third-order valence-electron chi connectivity index (χ3n) is 5.35. The SMILES string of the molecule is Cc1ccc(OCCN)c(C(=O)N2CC[C@H](O)[C@@]3(CCCNC3=O)C2)c1. The highest BCUT2D eigenvalue weighted by atomic mass is 16.5. The van der Waals surface area contributed by atoms with Crippen LogP contribution in [0.25, 0.3) is 0 Å². The fraction of sp³-hybridized carbons (Fsp3) is 0.579. The molecule has 2 aliphatic rings. The quantitative estimate of drug-likeness (QED) is 0.722. The van der Waals surface area contributed by atoms with Crippen molar-refractivity contribution < 1.29 is 19.4 Å². The van der Waals surface area contributed by atoms with Crippen molar-refractivity contribution in [3.05, 3.63) is 29.3 Å². The van der Waals surface area contributed by atoms with Crippen molar-refractivity contribution in [2.75, 3.05) is 32.8 Å². The van der Waals surface area contributed by atoms with Gasteiger partial charge < -0.3 is 25.8 Å². The van der Waals surface area contributed by atoms with Crippen LogP contribution in [-0.4, -0.2) is 60.7 Å². The minimum absolute atomic E-state index is 0.155. The molecule has 0 saturated carbocycles. The van der Waals surface area contributed by atoms with E-state index >= 15 is 0 Å². The lowest BCUT2D eigenvalue weighted by molar-refractivity contribution is -0.147. The number of ether oxygens (including phenoxy) is 1. The molecule has 7 heteroatoms. The topological polar surface area (TPSA) is 105 Å². The molecule has 0 aliphatic carbocycles. The van der Waals surface area contributed by atoms with Gasteiger partial charge in [-0.3, -0.25) is 9.59 Å². The standard InChI is InChI=1S/C19H27N3O4/c1-13-3-4-15(26-10-7-20)14(11-13)17(24)22-9-5-16(23)19(12-22)6-2-8-21-18(19)25/h3-4,11,16,23H,2,5-10,12,20H2,1H3,(H,21,25)/t16-,19+/m0/s1. The lowest BCUT2D eigenvalue weighted by Gasteiger charge is -2.46. The number of aliphatic hydroxyl groups is 1.